The van der Waals surface area contributed by atoms with E-state index in [1.54, 1.807) is 42.6 Å². The first-order valence-electron chi connectivity index (χ1n) is 15.5. The minimum absolute atomic E-state index is 0.176. The van der Waals surface area contributed by atoms with Crippen LogP contribution in [0.25, 0.3) is 28.1 Å². The molecule has 1 aliphatic rings. The third kappa shape index (κ3) is 7.04. The number of methoxy groups -OCH3 is 2. The molecule has 50 heavy (non-hydrogen) atoms. The summed E-state index contributed by atoms with van der Waals surface area (Å²) in [5.74, 6) is -0.206. The topological polar surface area (TPSA) is 155 Å². The number of ether oxygens (including phenoxy) is 2. The van der Waals surface area contributed by atoms with Crippen LogP contribution in [0, 0.1) is 5.92 Å². The smallest absolute Gasteiger partial charge is 0.436 e. The van der Waals surface area contributed by atoms with Gasteiger partial charge in [-0.05, 0) is 60.9 Å². The van der Waals surface area contributed by atoms with Crippen LogP contribution in [0.4, 0.5) is 29.3 Å². The number of carbonyl (C=O) groups is 2. The molecule has 0 radical (unpaired) electrons. The second kappa shape index (κ2) is 13.8. The molecule has 0 fully saturated rings. The highest BCUT2D eigenvalue weighted by atomic mass is 19.4. The Bertz CT molecular complexity index is 2130. The fourth-order valence-corrected chi connectivity index (χ4v) is 5.73. The molecule has 13 nitrogen and oxygen atoms in total. The van der Waals surface area contributed by atoms with E-state index in [0.717, 1.165) is 10.9 Å². The number of hydrogen-bond acceptors (Lipinski definition) is 9. The van der Waals surface area contributed by atoms with Gasteiger partial charge in [-0.15, -0.1) is 5.10 Å². The number of nitrogens with zero attached hydrogens (tertiary/aromatic N) is 6. The Morgan fingerprint density at radius 2 is 1.82 bits per heavy atom. The van der Waals surface area contributed by atoms with Crippen LogP contribution in [0.5, 0.6) is 5.75 Å². The molecule has 2 atom stereocenters. The van der Waals surface area contributed by atoms with Gasteiger partial charge in [0.2, 0.25) is 5.91 Å². The standard InChI is InChI=1S/C34H31F3N8O5/c1-19-5-4-6-29(27-13-20(11-12-38-27)23-9-7-21(40-33(48)50-3)14-26(23)41-32(19)47)44-18-39-25(16-31(44)46)24-15-22(49-2)8-10-28(24)45-17-30(42-43-45)34(35,36)37/h7-19,29H,4-6H2,1-3H3,(H,40,48)(H,41,47)/t19-,29+/m1/s1. The van der Waals surface area contributed by atoms with Crippen LogP contribution < -0.4 is 20.9 Å². The summed E-state index contributed by atoms with van der Waals surface area (Å²) in [6.45, 7) is 1.81. The number of amides is 2. The highest BCUT2D eigenvalue weighted by Gasteiger charge is 2.35. The van der Waals surface area contributed by atoms with E-state index in [1.165, 1.54) is 37.2 Å². The van der Waals surface area contributed by atoms with Gasteiger partial charge in [0.25, 0.3) is 5.56 Å². The predicted molar refractivity (Wildman–Crippen MR) is 176 cm³/mol. The lowest BCUT2D eigenvalue weighted by atomic mass is 9.95. The van der Waals surface area contributed by atoms with Crippen molar-refractivity contribution in [1.82, 2.24) is 29.5 Å². The number of aromatic nitrogens is 6. The lowest BCUT2D eigenvalue weighted by Crippen LogP contribution is -2.27. The van der Waals surface area contributed by atoms with Crippen LogP contribution in [-0.4, -0.2) is 55.7 Å². The van der Waals surface area contributed by atoms with E-state index >= 15 is 0 Å². The van der Waals surface area contributed by atoms with Gasteiger partial charge in [-0.3, -0.25) is 24.5 Å². The van der Waals surface area contributed by atoms with Gasteiger partial charge in [0.15, 0.2) is 5.69 Å². The van der Waals surface area contributed by atoms with Gasteiger partial charge < -0.3 is 14.8 Å². The van der Waals surface area contributed by atoms with E-state index < -0.39 is 29.6 Å². The van der Waals surface area contributed by atoms with E-state index in [9.17, 15) is 27.6 Å². The van der Waals surface area contributed by atoms with Crippen LogP contribution in [0.2, 0.25) is 0 Å². The van der Waals surface area contributed by atoms with Crippen molar-refractivity contribution < 1.29 is 32.2 Å². The molecule has 6 rings (SSSR count). The molecule has 0 saturated heterocycles. The first-order valence-corrected chi connectivity index (χ1v) is 15.5. The van der Waals surface area contributed by atoms with Gasteiger partial charge in [-0.25, -0.2) is 14.5 Å². The summed E-state index contributed by atoms with van der Waals surface area (Å²) in [6.07, 6.45) is -0.0962. The zero-order valence-corrected chi connectivity index (χ0v) is 27.1. The van der Waals surface area contributed by atoms with Gasteiger partial charge in [0.05, 0.1) is 55.5 Å². The Morgan fingerprint density at radius 1 is 1.00 bits per heavy atom. The van der Waals surface area contributed by atoms with Gasteiger partial charge in [0, 0.05) is 35.0 Å². The number of nitrogens with one attached hydrogen (secondary N) is 2. The van der Waals surface area contributed by atoms with Gasteiger partial charge in [-0.1, -0.05) is 24.6 Å². The molecule has 2 N–H and O–H groups in total. The molecule has 5 aromatic rings. The molecule has 0 unspecified atom stereocenters. The number of carbonyl (C=O) groups excluding carboxylic acids is 2. The summed E-state index contributed by atoms with van der Waals surface area (Å²) in [7, 11) is 2.69. The lowest BCUT2D eigenvalue weighted by Gasteiger charge is -2.23. The molecule has 3 aromatic heterocycles. The third-order valence-electron chi connectivity index (χ3n) is 8.39. The zero-order chi connectivity index (χ0) is 35.6. The maximum absolute atomic E-state index is 13.9. The van der Waals surface area contributed by atoms with Crippen molar-refractivity contribution in [2.45, 2.75) is 38.4 Å². The zero-order valence-electron chi connectivity index (χ0n) is 27.1. The number of rotatable bonds is 5. The summed E-state index contributed by atoms with van der Waals surface area (Å²) in [4.78, 5) is 48.1. The van der Waals surface area contributed by atoms with Crippen LogP contribution in [0.15, 0.2) is 78.1 Å². The summed E-state index contributed by atoms with van der Waals surface area (Å²) in [5, 5.41) is 12.5. The van der Waals surface area contributed by atoms with Crippen molar-refractivity contribution >= 4 is 23.4 Å². The average molecular weight is 689 g/mol. The molecular weight excluding hydrogens is 657 g/mol. The lowest BCUT2D eigenvalue weighted by molar-refractivity contribution is -0.141. The van der Waals surface area contributed by atoms with Gasteiger partial charge >= 0.3 is 12.3 Å². The van der Waals surface area contributed by atoms with E-state index in [1.807, 2.05) is 13.0 Å². The van der Waals surface area contributed by atoms with Gasteiger partial charge in [-0.2, -0.15) is 13.2 Å². The molecule has 0 spiro atoms. The molecule has 1 aliphatic heterocycles. The molecule has 0 aliphatic carbocycles. The Kier molecular flexibility index (Phi) is 9.35. The minimum atomic E-state index is -4.70. The predicted octanol–water partition coefficient (Wildman–Crippen LogP) is 6.11. The molecule has 258 valence electrons. The van der Waals surface area contributed by atoms with E-state index in [0.29, 0.717) is 58.8 Å². The fraction of sp³-hybridized carbons (Fsp3) is 0.265. The summed E-state index contributed by atoms with van der Waals surface area (Å²) >= 11 is 0. The Balaban J connectivity index is 1.41. The van der Waals surface area contributed by atoms with Crippen molar-refractivity contribution in [1.29, 1.82) is 0 Å². The summed E-state index contributed by atoms with van der Waals surface area (Å²) in [6, 6.07) is 14.0. The van der Waals surface area contributed by atoms with Crippen molar-refractivity contribution in [2.24, 2.45) is 5.92 Å². The first-order chi connectivity index (χ1) is 23.9. The van der Waals surface area contributed by atoms with E-state index in [-0.39, 0.29) is 23.2 Å². The number of benzene rings is 2. The summed E-state index contributed by atoms with van der Waals surface area (Å²) < 4.78 is 52.4. The van der Waals surface area contributed by atoms with Crippen LogP contribution >= 0.6 is 0 Å². The third-order valence-corrected chi connectivity index (χ3v) is 8.39. The largest absolute Gasteiger partial charge is 0.497 e. The number of halogens is 3. The average Bonchev–Trinajstić information content (AvgIpc) is 3.61. The highest BCUT2D eigenvalue weighted by Crippen LogP contribution is 2.35. The Labute approximate surface area is 283 Å². The number of hydrogen-bond donors (Lipinski definition) is 2. The number of pyridine rings is 1. The van der Waals surface area contributed by atoms with Crippen molar-refractivity contribution in [3.05, 3.63) is 95.1 Å². The molecule has 4 heterocycles. The Hall–Kier alpha value is -6.06. The van der Waals surface area contributed by atoms with Crippen LogP contribution in [-0.2, 0) is 15.7 Å². The van der Waals surface area contributed by atoms with Crippen molar-refractivity contribution in [3.8, 4) is 33.8 Å². The second-order valence-electron chi connectivity index (χ2n) is 11.6. The van der Waals surface area contributed by atoms with Crippen molar-refractivity contribution in [2.75, 3.05) is 24.9 Å². The maximum atomic E-state index is 13.9. The van der Waals surface area contributed by atoms with Crippen LogP contribution in [0.3, 0.4) is 0 Å². The summed E-state index contributed by atoms with van der Waals surface area (Å²) in [5.41, 5.74) is 1.90. The number of alkyl halides is 3. The quantitative estimate of drug-likeness (QED) is 0.223. The minimum Gasteiger partial charge on any atom is -0.497 e. The molecule has 2 aromatic carbocycles. The molecular formula is C34H31F3N8O5. The van der Waals surface area contributed by atoms with Gasteiger partial charge in [0.1, 0.15) is 5.75 Å². The maximum Gasteiger partial charge on any atom is 0.436 e. The number of fused-ring (bicyclic) bond motifs is 4. The highest BCUT2D eigenvalue weighted by molar-refractivity contribution is 5.98. The Morgan fingerprint density at radius 3 is 2.54 bits per heavy atom. The SMILES string of the molecule is COC(=O)Nc1ccc2c(c1)NC(=O)[C@H](C)CCC[C@H](n1cnc(-c3cc(OC)ccc3-n3cc(C(F)(F)F)nn3)cc1=O)c1cc-2ccn1. The normalized spacial score (nSPS) is 16.3. The first kappa shape index (κ1) is 33.8. The van der Waals surface area contributed by atoms with Crippen molar-refractivity contribution in [3.63, 3.8) is 0 Å². The monoisotopic (exact) mass is 688 g/mol. The molecule has 0 saturated carbocycles. The van der Waals surface area contributed by atoms with E-state index in [4.69, 9.17) is 9.47 Å². The fourth-order valence-electron chi connectivity index (χ4n) is 5.73. The molecule has 16 heteroatoms. The second-order valence-corrected chi connectivity index (χ2v) is 11.6. The molecule has 2 amide bonds. The molecule has 2 bridgehead atoms. The van der Waals surface area contributed by atoms with Crippen LogP contribution in [0.1, 0.15) is 43.6 Å². The van der Waals surface area contributed by atoms with E-state index in [2.05, 4.69) is 30.9 Å². The number of anilines is 2.